The van der Waals surface area contributed by atoms with Crippen LogP contribution in [0.3, 0.4) is 0 Å². The van der Waals surface area contributed by atoms with E-state index in [1.54, 1.807) is 11.9 Å². The van der Waals surface area contributed by atoms with Crippen LogP contribution >= 0.6 is 0 Å². The van der Waals surface area contributed by atoms with Crippen molar-refractivity contribution in [2.75, 3.05) is 26.4 Å². The van der Waals surface area contributed by atoms with Crippen molar-refractivity contribution in [2.24, 2.45) is 0 Å². The van der Waals surface area contributed by atoms with E-state index in [1.807, 2.05) is 31.2 Å². The lowest BCUT2D eigenvalue weighted by molar-refractivity contribution is -0.130. The van der Waals surface area contributed by atoms with Crippen molar-refractivity contribution in [1.82, 2.24) is 9.21 Å². The largest absolute Gasteiger partial charge is 0.345 e. The van der Waals surface area contributed by atoms with Crippen molar-refractivity contribution < 1.29 is 13.2 Å². The zero-order chi connectivity index (χ0) is 16.8. The molecule has 1 amide bonds. The maximum Gasteiger partial charge on any atom is 0.237 e. The molecule has 0 atom stereocenters. The zero-order valence-corrected chi connectivity index (χ0v) is 14.7. The third kappa shape index (κ3) is 5.77. The highest BCUT2D eigenvalue weighted by Crippen LogP contribution is 2.13. The number of hydrogen-bond donors (Lipinski definition) is 0. The van der Waals surface area contributed by atoms with E-state index in [4.69, 9.17) is 0 Å². The number of likely N-dealkylation sites (N-methyl/N-ethyl adjacent to an activating group) is 1. The summed E-state index contributed by atoms with van der Waals surface area (Å²) in [7, 11) is -1.73. The first kappa shape index (κ1) is 18.6. The van der Waals surface area contributed by atoms with Crippen molar-refractivity contribution in [3.05, 3.63) is 35.4 Å². The number of hydrogen-bond acceptors (Lipinski definition) is 3. The molecular formula is C16H26N2O3S. The highest BCUT2D eigenvalue weighted by molar-refractivity contribution is 7.88. The molecule has 0 aliphatic heterocycles. The van der Waals surface area contributed by atoms with Crippen LogP contribution in [0, 0.1) is 6.92 Å². The van der Waals surface area contributed by atoms with Gasteiger partial charge in [-0.15, -0.1) is 0 Å². The van der Waals surface area contributed by atoms with Gasteiger partial charge in [-0.2, -0.15) is 4.31 Å². The third-order valence-corrected chi connectivity index (χ3v) is 4.86. The fourth-order valence-corrected chi connectivity index (χ4v) is 2.78. The smallest absolute Gasteiger partial charge is 0.237 e. The first-order valence-corrected chi connectivity index (χ1v) is 9.34. The van der Waals surface area contributed by atoms with Crippen molar-refractivity contribution in [2.45, 2.75) is 33.2 Å². The molecule has 124 valence electrons. The van der Waals surface area contributed by atoms with Gasteiger partial charge in [0.15, 0.2) is 0 Å². The van der Waals surface area contributed by atoms with Gasteiger partial charge >= 0.3 is 0 Å². The van der Waals surface area contributed by atoms with Crippen LogP contribution in [0.5, 0.6) is 0 Å². The van der Waals surface area contributed by atoms with Gasteiger partial charge in [0.1, 0.15) is 0 Å². The highest BCUT2D eigenvalue weighted by Gasteiger charge is 2.22. The summed E-state index contributed by atoms with van der Waals surface area (Å²) in [5, 5.41) is 0. The molecule has 1 aromatic carbocycles. The lowest BCUT2D eigenvalue weighted by Crippen LogP contribution is -2.41. The minimum absolute atomic E-state index is 0.118. The summed E-state index contributed by atoms with van der Waals surface area (Å²) in [5.74, 6) is -0.174. The van der Waals surface area contributed by atoms with E-state index in [0.717, 1.165) is 30.2 Å². The van der Waals surface area contributed by atoms with E-state index in [0.29, 0.717) is 6.54 Å². The van der Waals surface area contributed by atoms with E-state index in [9.17, 15) is 13.2 Å². The molecule has 0 saturated heterocycles. The number of benzene rings is 1. The Morgan fingerprint density at radius 2 is 1.86 bits per heavy atom. The summed E-state index contributed by atoms with van der Waals surface area (Å²) in [6.07, 6.45) is 3.06. The Labute approximate surface area is 134 Å². The number of carbonyl (C=O) groups excluding carboxylic acids is 1. The second-order valence-electron chi connectivity index (χ2n) is 5.63. The van der Waals surface area contributed by atoms with Gasteiger partial charge < -0.3 is 4.90 Å². The molecule has 0 N–H and O–H groups in total. The van der Waals surface area contributed by atoms with Gasteiger partial charge in [-0.25, -0.2) is 8.42 Å². The molecule has 0 aliphatic rings. The average molecular weight is 326 g/mol. The average Bonchev–Trinajstić information content (AvgIpc) is 2.45. The third-order valence-electron chi connectivity index (χ3n) is 3.66. The van der Waals surface area contributed by atoms with Crippen molar-refractivity contribution in [1.29, 1.82) is 0 Å². The molecule has 5 nitrogen and oxygen atoms in total. The maximum absolute atomic E-state index is 12.2. The predicted octanol–water partition coefficient (Wildman–Crippen LogP) is 2.02. The molecule has 0 fully saturated rings. The van der Waals surface area contributed by atoms with E-state index >= 15 is 0 Å². The van der Waals surface area contributed by atoms with Crippen molar-refractivity contribution in [3.63, 3.8) is 0 Å². The van der Waals surface area contributed by atoms with Crippen LogP contribution in [0.15, 0.2) is 24.3 Å². The lowest BCUT2D eigenvalue weighted by atomic mass is 10.1. The number of sulfonamides is 1. The van der Waals surface area contributed by atoms with Crippen LogP contribution in [0.2, 0.25) is 0 Å². The topological polar surface area (TPSA) is 57.7 Å². The summed E-state index contributed by atoms with van der Waals surface area (Å²) in [4.78, 5) is 13.8. The Hall–Kier alpha value is -1.40. The van der Waals surface area contributed by atoms with Crippen molar-refractivity contribution in [3.8, 4) is 0 Å². The van der Waals surface area contributed by atoms with Crippen molar-refractivity contribution >= 4 is 15.9 Å². The van der Waals surface area contributed by atoms with Crippen LogP contribution in [-0.4, -0.2) is 49.9 Å². The first-order chi connectivity index (χ1) is 10.3. The number of unbranched alkanes of at least 4 members (excludes halogenated alkanes) is 1. The minimum atomic E-state index is -3.44. The quantitative estimate of drug-likeness (QED) is 0.734. The fourth-order valence-electron chi connectivity index (χ4n) is 2.06. The molecule has 1 rings (SSSR count). The number of carbonyl (C=O) groups is 1. The second kappa shape index (κ2) is 8.29. The molecular weight excluding hydrogens is 300 g/mol. The normalized spacial score (nSPS) is 11.7. The van der Waals surface area contributed by atoms with Gasteiger partial charge in [0, 0.05) is 20.1 Å². The Morgan fingerprint density at radius 1 is 1.23 bits per heavy atom. The molecule has 0 spiro atoms. The van der Waals surface area contributed by atoms with E-state index in [2.05, 4.69) is 6.92 Å². The molecule has 0 saturated carbocycles. The highest BCUT2D eigenvalue weighted by atomic mass is 32.2. The van der Waals surface area contributed by atoms with E-state index in [-0.39, 0.29) is 19.0 Å². The van der Waals surface area contributed by atoms with E-state index < -0.39 is 10.0 Å². The fraction of sp³-hybridized carbons (Fsp3) is 0.562. The monoisotopic (exact) mass is 326 g/mol. The Balaban J connectivity index is 2.83. The van der Waals surface area contributed by atoms with Gasteiger partial charge in [-0.05, 0) is 24.5 Å². The molecule has 0 heterocycles. The molecule has 0 aromatic heterocycles. The number of amides is 1. The van der Waals surface area contributed by atoms with Gasteiger partial charge in [-0.3, -0.25) is 4.79 Å². The molecule has 0 aliphatic carbocycles. The summed E-state index contributed by atoms with van der Waals surface area (Å²) >= 11 is 0. The van der Waals surface area contributed by atoms with Crippen LogP contribution in [0.25, 0.3) is 0 Å². The minimum Gasteiger partial charge on any atom is -0.345 e. The predicted molar refractivity (Wildman–Crippen MR) is 89.0 cm³/mol. The Morgan fingerprint density at radius 3 is 2.41 bits per heavy atom. The zero-order valence-electron chi connectivity index (χ0n) is 13.9. The van der Waals surface area contributed by atoms with Gasteiger partial charge in [0.2, 0.25) is 15.9 Å². The van der Waals surface area contributed by atoms with E-state index in [1.165, 1.54) is 4.31 Å². The maximum atomic E-state index is 12.2. The summed E-state index contributed by atoms with van der Waals surface area (Å²) in [6.45, 7) is 4.74. The van der Waals surface area contributed by atoms with Gasteiger partial charge in [0.05, 0.1) is 12.8 Å². The number of aryl methyl sites for hydroxylation is 1. The summed E-state index contributed by atoms with van der Waals surface area (Å²) in [5.41, 5.74) is 1.93. The molecule has 6 heteroatoms. The van der Waals surface area contributed by atoms with Crippen LogP contribution in [-0.2, 0) is 21.4 Å². The SMILES string of the molecule is CCCCN(C)C(=O)CN(Cc1ccccc1C)S(C)(=O)=O. The first-order valence-electron chi connectivity index (χ1n) is 7.49. The molecule has 0 radical (unpaired) electrons. The van der Waals surface area contributed by atoms with Crippen LogP contribution in [0.4, 0.5) is 0 Å². The summed E-state index contributed by atoms with van der Waals surface area (Å²) in [6, 6.07) is 7.61. The Bertz CT molecular complexity index is 599. The summed E-state index contributed by atoms with van der Waals surface area (Å²) < 4.78 is 25.2. The second-order valence-corrected chi connectivity index (χ2v) is 7.61. The van der Waals surface area contributed by atoms with Gasteiger partial charge in [0.25, 0.3) is 0 Å². The molecule has 0 bridgehead atoms. The van der Waals surface area contributed by atoms with Crippen LogP contribution < -0.4 is 0 Å². The standard InChI is InChI=1S/C16H26N2O3S/c1-5-6-11-17(3)16(19)13-18(22(4,20)21)12-15-10-8-7-9-14(15)2/h7-10H,5-6,11-13H2,1-4H3. The van der Waals surface area contributed by atoms with Crippen LogP contribution in [0.1, 0.15) is 30.9 Å². The lowest BCUT2D eigenvalue weighted by Gasteiger charge is -2.24. The Kier molecular flexibility index (Phi) is 7.03. The van der Waals surface area contributed by atoms with Gasteiger partial charge in [-0.1, -0.05) is 37.6 Å². The number of rotatable bonds is 8. The molecule has 22 heavy (non-hydrogen) atoms. The number of nitrogens with zero attached hydrogens (tertiary/aromatic N) is 2. The molecule has 0 unspecified atom stereocenters. The molecule has 1 aromatic rings.